The summed E-state index contributed by atoms with van der Waals surface area (Å²) in [6.07, 6.45) is 4.65. The molecule has 0 bridgehead atoms. The fourth-order valence-corrected chi connectivity index (χ4v) is 3.97. The van der Waals surface area contributed by atoms with Gasteiger partial charge in [-0.2, -0.15) is 0 Å². The van der Waals surface area contributed by atoms with Gasteiger partial charge in [0.2, 0.25) is 11.8 Å². The number of nitrogens with one attached hydrogen (secondary N) is 1. The average molecular weight is 416 g/mol. The summed E-state index contributed by atoms with van der Waals surface area (Å²) in [4.78, 5) is 29.4. The Hall–Kier alpha value is -2.08. The molecule has 30 heavy (non-hydrogen) atoms. The Morgan fingerprint density at radius 3 is 2.47 bits per heavy atom. The second-order valence-corrected chi connectivity index (χ2v) is 10.2. The van der Waals surface area contributed by atoms with Gasteiger partial charge in [-0.25, -0.2) is 0 Å². The van der Waals surface area contributed by atoms with Crippen molar-refractivity contribution in [1.29, 1.82) is 0 Å². The first kappa shape index (κ1) is 22.6. The molecule has 0 spiro atoms. The van der Waals surface area contributed by atoms with E-state index in [1.165, 1.54) is 0 Å². The molecule has 1 atom stereocenters. The highest BCUT2D eigenvalue weighted by Crippen LogP contribution is 2.33. The number of ether oxygens (including phenoxy) is 1. The molecule has 1 aromatic rings. The predicted octanol–water partition coefficient (Wildman–Crippen LogP) is 4.04. The lowest BCUT2D eigenvalue weighted by molar-refractivity contribution is -0.134. The molecule has 166 valence electrons. The van der Waals surface area contributed by atoms with E-state index in [-0.39, 0.29) is 29.3 Å². The highest BCUT2D eigenvalue weighted by atomic mass is 16.5. The summed E-state index contributed by atoms with van der Waals surface area (Å²) in [5.74, 6) is 0.414. The van der Waals surface area contributed by atoms with Crippen molar-refractivity contribution < 1.29 is 14.3 Å². The molecule has 1 aliphatic carbocycles. The number of rotatable bonds is 8. The summed E-state index contributed by atoms with van der Waals surface area (Å²) in [5, 5.41) is 3.03. The Morgan fingerprint density at radius 2 is 1.90 bits per heavy atom. The quantitative estimate of drug-likeness (QED) is 0.696. The number of hydrogen-bond acceptors (Lipinski definition) is 4. The number of nitrogens with zero attached hydrogens (tertiary/aromatic N) is 2. The zero-order valence-electron chi connectivity index (χ0n) is 19.2. The van der Waals surface area contributed by atoms with Gasteiger partial charge in [-0.3, -0.25) is 9.59 Å². The van der Waals surface area contributed by atoms with Crippen LogP contribution < -0.4 is 10.2 Å². The van der Waals surface area contributed by atoms with Gasteiger partial charge in [0.1, 0.15) is 0 Å². The molecular weight excluding hydrogens is 378 g/mol. The molecule has 0 aromatic heterocycles. The van der Waals surface area contributed by atoms with Crippen LogP contribution in [-0.4, -0.2) is 50.1 Å². The van der Waals surface area contributed by atoms with E-state index in [1.54, 1.807) is 0 Å². The number of benzene rings is 1. The van der Waals surface area contributed by atoms with Crippen molar-refractivity contribution in [3.05, 3.63) is 23.8 Å². The third kappa shape index (κ3) is 6.46. The predicted molar refractivity (Wildman–Crippen MR) is 121 cm³/mol. The summed E-state index contributed by atoms with van der Waals surface area (Å²) in [7, 11) is 4.01. The molecule has 0 radical (unpaired) electrons. The normalized spacial score (nSPS) is 18.9. The van der Waals surface area contributed by atoms with Gasteiger partial charge in [0.05, 0.1) is 6.10 Å². The maximum Gasteiger partial charge on any atom is 0.226 e. The van der Waals surface area contributed by atoms with Gasteiger partial charge in [-0.1, -0.05) is 20.8 Å². The first-order valence-corrected chi connectivity index (χ1v) is 11.1. The summed E-state index contributed by atoms with van der Waals surface area (Å²) >= 11 is 0. The van der Waals surface area contributed by atoms with E-state index in [0.29, 0.717) is 19.5 Å². The van der Waals surface area contributed by atoms with Crippen molar-refractivity contribution in [3.8, 4) is 0 Å². The number of carbonyl (C=O) groups excluding carboxylic acids is 2. The van der Waals surface area contributed by atoms with Crippen LogP contribution >= 0.6 is 0 Å². The molecule has 2 aliphatic rings. The molecule has 6 nitrogen and oxygen atoms in total. The van der Waals surface area contributed by atoms with Crippen LogP contribution in [0.25, 0.3) is 0 Å². The molecule has 2 fully saturated rings. The van der Waals surface area contributed by atoms with Crippen LogP contribution in [0.2, 0.25) is 0 Å². The van der Waals surface area contributed by atoms with Crippen LogP contribution in [0.15, 0.2) is 18.2 Å². The Bertz CT molecular complexity index is 759. The number of amides is 2. The molecule has 2 amide bonds. The Kier molecular flexibility index (Phi) is 7.06. The highest BCUT2D eigenvalue weighted by Gasteiger charge is 2.35. The minimum Gasteiger partial charge on any atom is -0.377 e. The average Bonchev–Trinajstić information content (AvgIpc) is 3.36. The Balaban J connectivity index is 1.79. The first-order chi connectivity index (χ1) is 14.1. The lowest BCUT2D eigenvalue weighted by Crippen LogP contribution is -2.38. The van der Waals surface area contributed by atoms with E-state index < -0.39 is 0 Å². The minimum absolute atomic E-state index is 0.0105. The molecule has 1 saturated carbocycles. The summed E-state index contributed by atoms with van der Waals surface area (Å²) in [6.45, 7) is 8.13. The fourth-order valence-electron chi connectivity index (χ4n) is 3.97. The van der Waals surface area contributed by atoms with E-state index in [1.807, 2.05) is 37.2 Å². The standard InChI is InChI=1S/C24H37N3O3/c1-24(2,3)14-22(28)25-19-10-11-21(26(4)5)18(13-19)15-27(23(29)17-8-9-17)16-20-7-6-12-30-20/h10-11,13,17,20H,6-9,12,14-16H2,1-5H3,(H,25,28)/t20-/m1/s1. The van der Waals surface area contributed by atoms with Gasteiger partial charge in [-0.15, -0.1) is 0 Å². The zero-order chi connectivity index (χ0) is 21.9. The van der Waals surface area contributed by atoms with Gasteiger partial charge in [-0.05, 0) is 54.9 Å². The minimum atomic E-state index is -0.0642. The second kappa shape index (κ2) is 9.38. The molecule has 1 heterocycles. The van der Waals surface area contributed by atoms with E-state index in [0.717, 1.165) is 49.2 Å². The third-order valence-corrected chi connectivity index (χ3v) is 5.58. The zero-order valence-corrected chi connectivity index (χ0v) is 19.2. The van der Waals surface area contributed by atoms with E-state index >= 15 is 0 Å². The van der Waals surface area contributed by atoms with Crippen LogP contribution in [0.5, 0.6) is 0 Å². The van der Waals surface area contributed by atoms with Gasteiger partial charge >= 0.3 is 0 Å². The maximum atomic E-state index is 13.0. The maximum absolute atomic E-state index is 13.0. The molecule has 0 unspecified atom stereocenters. The summed E-state index contributed by atoms with van der Waals surface area (Å²) in [6, 6.07) is 5.97. The van der Waals surface area contributed by atoms with Crippen LogP contribution in [0.3, 0.4) is 0 Å². The van der Waals surface area contributed by atoms with Gasteiger partial charge in [0.15, 0.2) is 0 Å². The van der Waals surface area contributed by atoms with Gasteiger partial charge < -0.3 is 19.9 Å². The van der Waals surface area contributed by atoms with Crippen molar-refractivity contribution in [2.45, 2.75) is 65.5 Å². The molecule has 1 aromatic carbocycles. The summed E-state index contributed by atoms with van der Waals surface area (Å²) in [5.41, 5.74) is 2.82. The van der Waals surface area contributed by atoms with Crippen LogP contribution in [0.4, 0.5) is 11.4 Å². The number of hydrogen-bond donors (Lipinski definition) is 1. The molecule has 6 heteroatoms. The van der Waals surface area contributed by atoms with E-state index in [4.69, 9.17) is 4.74 Å². The van der Waals surface area contributed by atoms with Gasteiger partial charge in [0, 0.05) is 57.5 Å². The Labute approximate surface area is 180 Å². The van der Waals surface area contributed by atoms with Crippen LogP contribution in [-0.2, 0) is 20.9 Å². The number of carbonyl (C=O) groups is 2. The topological polar surface area (TPSA) is 61.9 Å². The van der Waals surface area contributed by atoms with E-state index in [9.17, 15) is 9.59 Å². The Morgan fingerprint density at radius 1 is 1.17 bits per heavy atom. The SMILES string of the molecule is CN(C)c1ccc(NC(=O)CC(C)(C)C)cc1CN(C[C@H]1CCCO1)C(=O)C1CC1. The molecule has 1 saturated heterocycles. The molecule has 3 rings (SSSR count). The smallest absolute Gasteiger partial charge is 0.226 e. The van der Waals surface area contributed by atoms with Crippen molar-refractivity contribution in [3.63, 3.8) is 0 Å². The molecular formula is C24H37N3O3. The van der Waals surface area contributed by atoms with Crippen molar-refractivity contribution >= 4 is 23.2 Å². The summed E-state index contributed by atoms with van der Waals surface area (Å²) < 4.78 is 5.81. The number of anilines is 2. The first-order valence-electron chi connectivity index (χ1n) is 11.1. The molecule has 1 N–H and O–H groups in total. The van der Waals surface area contributed by atoms with Crippen LogP contribution in [0, 0.1) is 11.3 Å². The monoisotopic (exact) mass is 415 g/mol. The largest absolute Gasteiger partial charge is 0.377 e. The fraction of sp³-hybridized carbons (Fsp3) is 0.667. The van der Waals surface area contributed by atoms with Crippen LogP contribution in [0.1, 0.15) is 58.4 Å². The van der Waals surface area contributed by atoms with Gasteiger partial charge in [0.25, 0.3) is 0 Å². The molecule has 1 aliphatic heterocycles. The third-order valence-electron chi connectivity index (χ3n) is 5.58. The van der Waals surface area contributed by atoms with E-state index in [2.05, 4.69) is 31.0 Å². The van der Waals surface area contributed by atoms with Crippen molar-refractivity contribution in [1.82, 2.24) is 4.90 Å². The second-order valence-electron chi connectivity index (χ2n) is 10.2. The lowest BCUT2D eigenvalue weighted by Gasteiger charge is -2.28. The highest BCUT2D eigenvalue weighted by molar-refractivity contribution is 5.91. The van der Waals surface area contributed by atoms with Crippen molar-refractivity contribution in [2.75, 3.05) is 37.5 Å². The van der Waals surface area contributed by atoms with Crippen molar-refractivity contribution in [2.24, 2.45) is 11.3 Å². The lowest BCUT2D eigenvalue weighted by atomic mass is 9.92.